The van der Waals surface area contributed by atoms with Crippen LogP contribution in [0, 0.1) is 0 Å². The van der Waals surface area contributed by atoms with Gasteiger partial charge in [0.2, 0.25) is 10.0 Å². The van der Waals surface area contributed by atoms with Crippen LogP contribution in [0.25, 0.3) is 0 Å². The van der Waals surface area contributed by atoms with E-state index < -0.39 is 16.0 Å². The third-order valence-corrected chi connectivity index (χ3v) is 5.08. The van der Waals surface area contributed by atoms with Crippen molar-refractivity contribution in [3.8, 4) is 0 Å². The fraction of sp³-hybridized carbons (Fsp3) is 0.200. The summed E-state index contributed by atoms with van der Waals surface area (Å²) in [7, 11) is -0.634. The first-order valence-electron chi connectivity index (χ1n) is 6.61. The minimum Gasteiger partial charge on any atom is -0.457 e. The number of halogens is 1. The minimum atomic E-state index is -3.52. The van der Waals surface area contributed by atoms with E-state index in [4.69, 9.17) is 16.3 Å². The van der Waals surface area contributed by atoms with Gasteiger partial charge in [-0.15, -0.1) is 0 Å². The van der Waals surface area contributed by atoms with Gasteiger partial charge in [0.1, 0.15) is 11.8 Å². The predicted molar refractivity (Wildman–Crippen MR) is 85.7 cm³/mol. The Labute approximate surface area is 139 Å². The number of sulfonamides is 1. The summed E-state index contributed by atoms with van der Waals surface area (Å²) in [6.45, 7) is 0.0563. The number of ether oxygens (including phenoxy) is 1. The monoisotopic (exact) mass is 354 g/mol. The topological polar surface area (TPSA) is 76.6 Å². The van der Waals surface area contributed by atoms with Crippen molar-refractivity contribution in [2.24, 2.45) is 0 Å². The number of carbonyl (C=O) groups excluding carboxylic acids is 1. The molecule has 1 heterocycles. The molecule has 6 nitrogen and oxygen atoms in total. The zero-order valence-electron chi connectivity index (χ0n) is 12.6. The Kier molecular flexibility index (Phi) is 5.35. The molecule has 0 unspecified atom stereocenters. The average molecular weight is 355 g/mol. The lowest BCUT2D eigenvalue weighted by molar-refractivity contribution is 0.0472. The lowest BCUT2D eigenvalue weighted by atomic mass is 10.2. The van der Waals surface area contributed by atoms with Crippen molar-refractivity contribution in [2.75, 3.05) is 14.1 Å². The zero-order chi connectivity index (χ0) is 17.0. The van der Waals surface area contributed by atoms with Crippen LogP contribution in [0.2, 0.25) is 5.15 Å². The van der Waals surface area contributed by atoms with E-state index in [-0.39, 0.29) is 17.1 Å². The number of carbonyl (C=O) groups is 1. The van der Waals surface area contributed by atoms with Crippen LogP contribution >= 0.6 is 11.6 Å². The van der Waals surface area contributed by atoms with Crippen LogP contribution < -0.4 is 0 Å². The summed E-state index contributed by atoms with van der Waals surface area (Å²) in [6, 6.07) is 8.88. The molecule has 0 aliphatic rings. The van der Waals surface area contributed by atoms with Gasteiger partial charge in [0.25, 0.3) is 0 Å². The molecule has 2 aromatic rings. The Morgan fingerprint density at radius 3 is 2.35 bits per heavy atom. The van der Waals surface area contributed by atoms with Gasteiger partial charge in [-0.25, -0.2) is 22.5 Å². The lowest BCUT2D eigenvalue weighted by Gasteiger charge is -2.11. The zero-order valence-corrected chi connectivity index (χ0v) is 14.1. The van der Waals surface area contributed by atoms with Gasteiger partial charge >= 0.3 is 5.97 Å². The number of benzene rings is 1. The highest BCUT2D eigenvalue weighted by Gasteiger charge is 2.17. The van der Waals surface area contributed by atoms with Crippen LogP contribution in [-0.2, 0) is 21.4 Å². The van der Waals surface area contributed by atoms with E-state index in [1.165, 1.54) is 44.6 Å². The molecule has 0 saturated carbocycles. The third-order valence-electron chi connectivity index (χ3n) is 3.03. The molecule has 0 bridgehead atoms. The van der Waals surface area contributed by atoms with Gasteiger partial charge in [0, 0.05) is 25.9 Å². The summed E-state index contributed by atoms with van der Waals surface area (Å²) >= 11 is 5.67. The molecule has 122 valence electrons. The summed E-state index contributed by atoms with van der Waals surface area (Å²) in [5.74, 6) is -0.547. The molecular weight excluding hydrogens is 340 g/mol. The van der Waals surface area contributed by atoms with Crippen LogP contribution in [0.1, 0.15) is 15.9 Å². The summed E-state index contributed by atoms with van der Waals surface area (Å²) in [4.78, 5) is 16.0. The van der Waals surface area contributed by atoms with Crippen molar-refractivity contribution < 1.29 is 17.9 Å². The maximum atomic E-state index is 12.0. The molecule has 0 spiro atoms. The molecule has 1 aromatic carbocycles. The van der Waals surface area contributed by atoms with Crippen molar-refractivity contribution >= 4 is 27.6 Å². The number of rotatable bonds is 5. The minimum absolute atomic E-state index is 0.0563. The van der Waals surface area contributed by atoms with E-state index in [1.54, 1.807) is 12.1 Å². The Balaban J connectivity index is 2.04. The number of nitrogens with zero attached hydrogens (tertiary/aromatic N) is 2. The molecule has 0 aliphatic heterocycles. The highest BCUT2D eigenvalue weighted by molar-refractivity contribution is 7.89. The van der Waals surface area contributed by atoms with Gasteiger partial charge in [-0.2, -0.15) is 0 Å². The molecule has 2 rings (SSSR count). The summed E-state index contributed by atoms with van der Waals surface area (Å²) in [5.41, 5.74) is 0.971. The van der Waals surface area contributed by atoms with E-state index in [0.29, 0.717) is 10.7 Å². The summed E-state index contributed by atoms with van der Waals surface area (Å²) in [5, 5.41) is 0.359. The second kappa shape index (κ2) is 7.08. The molecule has 0 amide bonds. The number of esters is 1. The molecular formula is C15H15ClN2O4S. The summed E-state index contributed by atoms with van der Waals surface area (Å²) in [6.07, 6.45) is 1.52. The van der Waals surface area contributed by atoms with Crippen molar-refractivity contribution in [3.05, 3.63) is 58.9 Å². The normalized spacial score (nSPS) is 11.5. The van der Waals surface area contributed by atoms with Crippen molar-refractivity contribution in [3.63, 3.8) is 0 Å². The van der Waals surface area contributed by atoms with Crippen molar-refractivity contribution in [1.82, 2.24) is 9.29 Å². The van der Waals surface area contributed by atoms with Gasteiger partial charge in [-0.3, -0.25) is 0 Å². The number of hydrogen-bond acceptors (Lipinski definition) is 5. The maximum absolute atomic E-state index is 12.0. The second-order valence-corrected chi connectivity index (χ2v) is 7.42. The van der Waals surface area contributed by atoms with Crippen LogP contribution in [0.3, 0.4) is 0 Å². The molecule has 1 aromatic heterocycles. The molecule has 0 radical (unpaired) electrons. The van der Waals surface area contributed by atoms with Crippen LogP contribution in [0.4, 0.5) is 0 Å². The fourth-order valence-electron chi connectivity index (χ4n) is 1.70. The molecule has 0 aliphatic carbocycles. The SMILES string of the molecule is CN(C)S(=O)(=O)c1ccc(C(=O)OCc2ccc(Cl)nc2)cc1. The van der Waals surface area contributed by atoms with Gasteiger partial charge < -0.3 is 4.74 Å². The van der Waals surface area contributed by atoms with Gasteiger partial charge in [0.05, 0.1) is 10.5 Å². The van der Waals surface area contributed by atoms with E-state index in [1.807, 2.05) is 0 Å². The van der Waals surface area contributed by atoms with Gasteiger partial charge in [0.15, 0.2) is 0 Å². The van der Waals surface area contributed by atoms with E-state index in [0.717, 1.165) is 4.31 Å². The van der Waals surface area contributed by atoms with Crippen LogP contribution in [0.15, 0.2) is 47.5 Å². The van der Waals surface area contributed by atoms with E-state index >= 15 is 0 Å². The standard InChI is InChI=1S/C15H15ClN2O4S/c1-18(2)23(20,21)13-6-4-12(5-7-13)15(19)22-10-11-3-8-14(16)17-9-11/h3-9H,10H2,1-2H3. The average Bonchev–Trinajstić information content (AvgIpc) is 2.54. The van der Waals surface area contributed by atoms with Crippen molar-refractivity contribution in [1.29, 1.82) is 0 Å². The van der Waals surface area contributed by atoms with E-state index in [9.17, 15) is 13.2 Å². The Hall–Kier alpha value is -1.96. The van der Waals surface area contributed by atoms with Crippen molar-refractivity contribution in [2.45, 2.75) is 11.5 Å². The van der Waals surface area contributed by atoms with Gasteiger partial charge in [-0.1, -0.05) is 17.7 Å². The first kappa shape index (κ1) is 17.4. The molecule has 0 saturated heterocycles. The van der Waals surface area contributed by atoms with E-state index in [2.05, 4.69) is 4.98 Å². The molecule has 23 heavy (non-hydrogen) atoms. The Morgan fingerprint density at radius 2 is 1.83 bits per heavy atom. The van der Waals surface area contributed by atoms with Gasteiger partial charge in [-0.05, 0) is 30.3 Å². The largest absolute Gasteiger partial charge is 0.457 e. The Morgan fingerprint density at radius 1 is 1.17 bits per heavy atom. The second-order valence-electron chi connectivity index (χ2n) is 4.88. The lowest BCUT2D eigenvalue weighted by Crippen LogP contribution is -2.22. The Bertz CT molecular complexity index is 787. The molecule has 0 N–H and O–H groups in total. The third kappa shape index (κ3) is 4.28. The summed E-state index contributed by atoms with van der Waals surface area (Å²) < 4.78 is 30.1. The predicted octanol–water partition coefficient (Wildman–Crippen LogP) is 2.34. The first-order chi connectivity index (χ1) is 10.8. The smallest absolute Gasteiger partial charge is 0.338 e. The number of pyridine rings is 1. The first-order valence-corrected chi connectivity index (χ1v) is 8.42. The fourth-order valence-corrected chi connectivity index (χ4v) is 2.71. The van der Waals surface area contributed by atoms with Crippen LogP contribution in [-0.4, -0.2) is 37.8 Å². The highest BCUT2D eigenvalue weighted by atomic mass is 35.5. The van der Waals surface area contributed by atoms with Crippen LogP contribution in [0.5, 0.6) is 0 Å². The number of aromatic nitrogens is 1. The molecule has 0 atom stereocenters. The molecule has 0 fully saturated rings. The number of hydrogen-bond donors (Lipinski definition) is 0. The quantitative estimate of drug-likeness (QED) is 0.608. The highest BCUT2D eigenvalue weighted by Crippen LogP contribution is 2.15. The molecule has 8 heteroatoms. The maximum Gasteiger partial charge on any atom is 0.338 e.